The van der Waals surface area contributed by atoms with Gasteiger partial charge in [0.2, 0.25) is 0 Å². The van der Waals surface area contributed by atoms with Crippen LogP contribution in [0, 0.1) is 0 Å². The number of amides is 3. The summed E-state index contributed by atoms with van der Waals surface area (Å²) in [5.74, 6) is -0.397. The summed E-state index contributed by atoms with van der Waals surface area (Å²) in [5.41, 5.74) is -0.960. The number of carbonyl (C=O) groups excluding carboxylic acids is 2. The Balaban J connectivity index is 2.11. The number of nitrogens with zero attached hydrogens (tertiary/aromatic N) is 1. The van der Waals surface area contributed by atoms with Gasteiger partial charge in [-0.1, -0.05) is 0 Å². The Morgan fingerprint density at radius 2 is 1.81 bits per heavy atom. The fourth-order valence-corrected chi connectivity index (χ4v) is 2.69. The molecule has 0 aliphatic carbocycles. The van der Waals surface area contributed by atoms with Crippen molar-refractivity contribution in [3.63, 3.8) is 0 Å². The van der Waals surface area contributed by atoms with E-state index < -0.39 is 27.7 Å². The number of hydrogen-bond acceptors (Lipinski definition) is 4. The SMILES string of the molecule is NS(=O)(=O)N1CCC2(CC1)NC(=O)NC2=O. The van der Waals surface area contributed by atoms with Crippen LogP contribution < -0.4 is 15.8 Å². The summed E-state index contributed by atoms with van der Waals surface area (Å²) in [7, 11) is -3.71. The molecule has 2 rings (SSSR count). The molecule has 90 valence electrons. The molecule has 0 aromatic rings. The number of nitrogens with one attached hydrogen (secondary N) is 2. The van der Waals surface area contributed by atoms with E-state index in [0.717, 1.165) is 4.31 Å². The van der Waals surface area contributed by atoms with Gasteiger partial charge in [-0.25, -0.2) is 9.93 Å². The number of imide groups is 1. The second kappa shape index (κ2) is 3.40. The molecule has 0 aromatic carbocycles. The van der Waals surface area contributed by atoms with E-state index in [1.165, 1.54) is 0 Å². The number of rotatable bonds is 1. The Morgan fingerprint density at radius 3 is 2.19 bits per heavy atom. The third-order valence-electron chi connectivity index (χ3n) is 2.95. The van der Waals surface area contributed by atoms with Gasteiger partial charge in [-0.05, 0) is 12.8 Å². The van der Waals surface area contributed by atoms with Crippen molar-refractivity contribution >= 4 is 22.1 Å². The van der Waals surface area contributed by atoms with E-state index in [2.05, 4.69) is 10.6 Å². The second-order valence-corrected chi connectivity index (χ2v) is 5.48. The summed E-state index contributed by atoms with van der Waals surface area (Å²) >= 11 is 0. The minimum absolute atomic E-state index is 0.131. The lowest BCUT2D eigenvalue weighted by Crippen LogP contribution is -2.56. The molecule has 3 amide bonds. The summed E-state index contributed by atoms with van der Waals surface area (Å²) in [6.45, 7) is 0.263. The smallest absolute Gasteiger partial charge is 0.322 e. The summed E-state index contributed by atoms with van der Waals surface area (Å²) in [6, 6.07) is -0.533. The maximum Gasteiger partial charge on any atom is 0.322 e. The topological polar surface area (TPSA) is 122 Å². The van der Waals surface area contributed by atoms with Gasteiger partial charge < -0.3 is 5.32 Å². The van der Waals surface area contributed by atoms with Crippen LogP contribution in [0.15, 0.2) is 0 Å². The van der Waals surface area contributed by atoms with Gasteiger partial charge in [0.1, 0.15) is 5.54 Å². The number of piperidine rings is 1. The van der Waals surface area contributed by atoms with Crippen LogP contribution in [0.1, 0.15) is 12.8 Å². The molecule has 0 aromatic heterocycles. The molecular formula is C7H12N4O4S. The Kier molecular flexibility index (Phi) is 2.40. The van der Waals surface area contributed by atoms with Crippen molar-refractivity contribution in [3.8, 4) is 0 Å². The molecule has 0 bridgehead atoms. The van der Waals surface area contributed by atoms with E-state index in [-0.39, 0.29) is 25.9 Å². The Hall–Kier alpha value is -1.19. The van der Waals surface area contributed by atoms with Gasteiger partial charge in [0, 0.05) is 13.1 Å². The minimum Gasteiger partial charge on any atom is -0.323 e. The zero-order valence-electron chi connectivity index (χ0n) is 8.39. The highest BCUT2D eigenvalue weighted by molar-refractivity contribution is 7.86. The van der Waals surface area contributed by atoms with Crippen molar-refractivity contribution in [2.45, 2.75) is 18.4 Å². The maximum absolute atomic E-state index is 11.5. The standard InChI is InChI=1S/C7H12N4O4S/c8-16(14,15)11-3-1-7(2-4-11)5(12)9-6(13)10-7/h1-4H2,(H2,8,14,15)(H2,9,10,12,13). The molecule has 2 heterocycles. The van der Waals surface area contributed by atoms with Gasteiger partial charge in [-0.15, -0.1) is 0 Å². The Bertz CT molecular complexity index is 437. The number of hydrogen-bond donors (Lipinski definition) is 3. The summed E-state index contributed by atoms with van der Waals surface area (Å²) < 4.78 is 23.2. The van der Waals surface area contributed by atoms with Crippen LogP contribution >= 0.6 is 0 Å². The average Bonchev–Trinajstić information content (AvgIpc) is 2.41. The van der Waals surface area contributed by atoms with Crippen LogP contribution in [0.3, 0.4) is 0 Å². The van der Waals surface area contributed by atoms with Crippen molar-refractivity contribution in [2.24, 2.45) is 5.14 Å². The van der Waals surface area contributed by atoms with Gasteiger partial charge in [-0.3, -0.25) is 10.1 Å². The predicted octanol–water partition coefficient (Wildman–Crippen LogP) is -2.14. The molecule has 0 unspecified atom stereocenters. The molecule has 16 heavy (non-hydrogen) atoms. The van der Waals surface area contributed by atoms with E-state index in [4.69, 9.17) is 5.14 Å². The number of carbonyl (C=O) groups is 2. The Labute approximate surface area is 92.3 Å². The molecule has 8 nitrogen and oxygen atoms in total. The third kappa shape index (κ3) is 1.77. The van der Waals surface area contributed by atoms with Gasteiger partial charge in [0.25, 0.3) is 16.1 Å². The summed E-state index contributed by atoms with van der Waals surface area (Å²) in [6.07, 6.45) is 0.474. The molecule has 2 saturated heterocycles. The molecular weight excluding hydrogens is 236 g/mol. The van der Waals surface area contributed by atoms with Crippen LogP contribution in [-0.4, -0.2) is 43.3 Å². The van der Waals surface area contributed by atoms with Crippen molar-refractivity contribution in [1.29, 1.82) is 0 Å². The van der Waals surface area contributed by atoms with Gasteiger partial charge in [-0.2, -0.15) is 12.7 Å². The van der Waals surface area contributed by atoms with Crippen molar-refractivity contribution in [1.82, 2.24) is 14.9 Å². The van der Waals surface area contributed by atoms with E-state index in [1.54, 1.807) is 0 Å². The molecule has 1 spiro atoms. The van der Waals surface area contributed by atoms with E-state index in [9.17, 15) is 18.0 Å². The van der Waals surface area contributed by atoms with E-state index >= 15 is 0 Å². The van der Waals surface area contributed by atoms with Crippen LogP contribution in [0.25, 0.3) is 0 Å². The first-order chi connectivity index (χ1) is 7.33. The molecule has 0 saturated carbocycles. The normalized spacial score (nSPS) is 25.6. The highest BCUT2D eigenvalue weighted by Gasteiger charge is 2.48. The molecule has 9 heteroatoms. The van der Waals surface area contributed by atoms with Gasteiger partial charge in [0.05, 0.1) is 0 Å². The highest BCUT2D eigenvalue weighted by Crippen LogP contribution is 2.25. The molecule has 2 fully saturated rings. The fourth-order valence-electron chi connectivity index (χ4n) is 2.00. The van der Waals surface area contributed by atoms with E-state index in [1.807, 2.05) is 0 Å². The lowest BCUT2D eigenvalue weighted by atomic mass is 9.89. The Morgan fingerprint density at radius 1 is 1.25 bits per heavy atom. The molecule has 2 aliphatic rings. The van der Waals surface area contributed by atoms with E-state index in [0.29, 0.717) is 0 Å². The quantitative estimate of drug-likeness (QED) is 0.458. The highest BCUT2D eigenvalue weighted by atomic mass is 32.2. The summed E-state index contributed by atoms with van der Waals surface area (Å²) in [5, 5.41) is 9.64. The van der Waals surface area contributed by atoms with Crippen molar-refractivity contribution in [3.05, 3.63) is 0 Å². The first-order valence-electron chi connectivity index (χ1n) is 4.75. The van der Waals surface area contributed by atoms with Crippen LogP contribution in [0.2, 0.25) is 0 Å². The lowest BCUT2D eigenvalue weighted by molar-refractivity contribution is -0.125. The number of urea groups is 1. The minimum atomic E-state index is -3.71. The molecule has 0 atom stereocenters. The molecule has 4 N–H and O–H groups in total. The van der Waals surface area contributed by atoms with Gasteiger partial charge in [0.15, 0.2) is 0 Å². The first kappa shape index (κ1) is 11.3. The number of nitrogens with two attached hydrogens (primary N) is 1. The monoisotopic (exact) mass is 248 g/mol. The van der Waals surface area contributed by atoms with Crippen molar-refractivity contribution < 1.29 is 18.0 Å². The largest absolute Gasteiger partial charge is 0.323 e. The van der Waals surface area contributed by atoms with Gasteiger partial charge >= 0.3 is 6.03 Å². The predicted molar refractivity (Wildman–Crippen MR) is 53.3 cm³/mol. The third-order valence-corrected chi connectivity index (χ3v) is 4.04. The molecule has 0 radical (unpaired) electrons. The average molecular weight is 248 g/mol. The zero-order valence-corrected chi connectivity index (χ0v) is 9.21. The van der Waals surface area contributed by atoms with Crippen LogP contribution in [0.5, 0.6) is 0 Å². The zero-order chi connectivity index (χ0) is 12.0. The lowest BCUT2D eigenvalue weighted by Gasteiger charge is -2.35. The molecule has 2 aliphatic heterocycles. The fraction of sp³-hybridized carbons (Fsp3) is 0.714. The summed E-state index contributed by atoms with van der Waals surface area (Å²) in [4.78, 5) is 22.5. The maximum atomic E-state index is 11.5. The van der Waals surface area contributed by atoms with Crippen LogP contribution in [-0.2, 0) is 15.0 Å². The first-order valence-corrected chi connectivity index (χ1v) is 6.25. The van der Waals surface area contributed by atoms with Crippen LogP contribution in [0.4, 0.5) is 4.79 Å². The van der Waals surface area contributed by atoms with Crippen molar-refractivity contribution in [2.75, 3.05) is 13.1 Å². The second-order valence-electron chi connectivity index (χ2n) is 3.93.